The third kappa shape index (κ3) is 2.30. The zero-order chi connectivity index (χ0) is 14.8. The third-order valence-corrected chi connectivity index (χ3v) is 2.71. The molecule has 3 N–H and O–H groups in total. The maximum atomic E-state index is 11.6. The lowest BCUT2D eigenvalue weighted by Gasteiger charge is -2.32. The zero-order valence-electron chi connectivity index (χ0n) is 10.6. The van der Waals surface area contributed by atoms with Gasteiger partial charge in [-0.2, -0.15) is 0 Å². The van der Waals surface area contributed by atoms with Crippen molar-refractivity contribution in [3.63, 3.8) is 0 Å². The molecule has 0 aromatic rings. The molecule has 1 aliphatic rings. The second-order valence-electron chi connectivity index (χ2n) is 3.75. The number of nitro groups is 1. The molecule has 19 heavy (non-hydrogen) atoms. The van der Waals surface area contributed by atoms with E-state index in [1.165, 1.54) is 7.11 Å². The van der Waals surface area contributed by atoms with Crippen LogP contribution in [0.15, 0.2) is 23.5 Å². The number of rotatable bonds is 4. The number of carbonyl (C=O) groups excluding carboxylic acids is 1. The van der Waals surface area contributed by atoms with Gasteiger partial charge < -0.3 is 19.3 Å². The Balaban J connectivity index is 3.48. The first-order chi connectivity index (χ1) is 8.75. The minimum Gasteiger partial charge on any atom is -0.495 e. The van der Waals surface area contributed by atoms with E-state index in [9.17, 15) is 20.0 Å². The van der Waals surface area contributed by atoms with Crippen LogP contribution in [0.2, 0.25) is 0 Å². The van der Waals surface area contributed by atoms with Gasteiger partial charge in [0.1, 0.15) is 5.57 Å². The summed E-state index contributed by atoms with van der Waals surface area (Å²) in [7, 11) is 3.34. The molecule has 0 aromatic carbocycles. The molecule has 106 valence electrons. The molecule has 2 atom stereocenters. The summed E-state index contributed by atoms with van der Waals surface area (Å²) in [5.74, 6) is -3.49. The highest BCUT2D eigenvalue weighted by Crippen LogP contribution is 2.34. The highest BCUT2D eigenvalue weighted by Gasteiger charge is 2.53. The van der Waals surface area contributed by atoms with Gasteiger partial charge >= 0.3 is 11.6 Å². The molecule has 0 aromatic heterocycles. The Morgan fingerprint density at radius 1 is 1.42 bits per heavy atom. The Kier molecular flexibility index (Phi) is 3.94. The number of carbonyl (C=O) groups is 1. The van der Waals surface area contributed by atoms with Crippen LogP contribution in [0, 0.1) is 10.1 Å². The minimum atomic E-state index is -2.37. The largest absolute Gasteiger partial charge is 0.495 e. The van der Waals surface area contributed by atoms with Gasteiger partial charge in [0.2, 0.25) is 5.79 Å². The molecule has 0 fully saturated rings. The van der Waals surface area contributed by atoms with Crippen LogP contribution in [0.3, 0.4) is 0 Å². The average Bonchev–Trinajstić information content (AvgIpc) is 2.39. The number of ether oxygens (including phenoxy) is 3. The van der Waals surface area contributed by atoms with Gasteiger partial charge in [-0.1, -0.05) is 0 Å². The lowest BCUT2D eigenvalue weighted by atomic mass is 9.90. The standard InChI is InChI=1S/C10H14N2O7/c1-17-7-5-9(11,12(15)16)6(8(13)18-2)4-10(7,14)19-3/h4-5,14H,11H2,1-3H3. The predicted octanol–water partition coefficient (Wildman–Crippen LogP) is -1.10. The van der Waals surface area contributed by atoms with Crippen LogP contribution >= 0.6 is 0 Å². The van der Waals surface area contributed by atoms with Crippen LogP contribution in [0.5, 0.6) is 0 Å². The summed E-state index contributed by atoms with van der Waals surface area (Å²) < 4.78 is 14.0. The van der Waals surface area contributed by atoms with Gasteiger partial charge in [-0.05, 0) is 0 Å². The quantitative estimate of drug-likeness (QED) is 0.285. The van der Waals surface area contributed by atoms with Crippen LogP contribution in [0.4, 0.5) is 0 Å². The third-order valence-electron chi connectivity index (χ3n) is 2.71. The first kappa shape index (κ1) is 15.1. The molecule has 0 aliphatic heterocycles. The molecule has 0 saturated heterocycles. The zero-order valence-corrected chi connectivity index (χ0v) is 10.6. The van der Waals surface area contributed by atoms with Crippen LogP contribution in [-0.4, -0.2) is 48.8 Å². The Labute approximate surface area is 108 Å². The Bertz CT molecular complexity index is 472. The highest BCUT2D eigenvalue weighted by atomic mass is 16.6. The van der Waals surface area contributed by atoms with Crippen molar-refractivity contribution < 1.29 is 29.0 Å². The molecule has 0 heterocycles. The first-order valence-electron chi connectivity index (χ1n) is 5.05. The average molecular weight is 274 g/mol. The molecule has 0 radical (unpaired) electrons. The van der Waals surface area contributed by atoms with Crippen LogP contribution < -0.4 is 5.73 Å². The van der Waals surface area contributed by atoms with Gasteiger partial charge in [0.05, 0.1) is 25.2 Å². The van der Waals surface area contributed by atoms with Crippen molar-refractivity contribution >= 4 is 5.97 Å². The normalized spacial score (nSPS) is 30.2. The monoisotopic (exact) mass is 274 g/mol. The van der Waals surface area contributed by atoms with Crippen molar-refractivity contribution in [2.45, 2.75) is 11.4 Å². The highest BCUT2D eigenvalue weighted by molar-refractivity contribution is 5.91. The molecule has 1 aliphatic carbocycles. The van der Waals surface area contributed by atoms with Crippen molar-refractivity contribution in [1.29, 1.82) is 0 Å². The first-order valence-corrected chi connectivity index (χ1v) is 5.05. The lowest BCUT2D eigenvalue weighted by molar-refractivity contribution is -0.542. The summed E-state index contributed by atoms with van der Waals surface area (Å²) >= 11 is 0. The van der Waals surface area contributed by atoms with E-state index in [1.54, 1.807) is 0 Å². The van der Waals surface area contributed by atoms with Crippen molar-refractivity contribution in [1.82, 2.24) is 0 Å². The predicted molar refractivity (Wildman–Crippen MR) is 61.1 cm³/mol. The molecule has 2 unspecified atom stereocenters. The summed E-state index contributed by atoms with van der Waals surface area (Å²) in [6, 6.07) is 0. The maximum Gasteiger partial charge on any atom is 0.342 e. The van der Waals surface area contributed by atoms with Gasteiger partial charge in [-0.15, -0.1) is 0 Å². The maximum absolute atomic E-state index is 11.6. The smallest absolute Gasteiger partial charge is 0.342 e. The molecule has 9 heteroatoms. The minimum absolute atomic E-state index is 0.304. The van der Waals surface area contributed by atoms with E-state index in [1.807, 2.05) is 0 Å². The molecule has 1 rings (SSSR count). The van der Waals surface area contributed by atoms with Crippen molar-refractivity contribution in [3.05, 3.63) is 33.6 Å². The molecule has 0 bridgehead atoms. The van der Waals surface area contributed by atoms with Crippen LogP contribution in [-0.2, 0) is 19.0 Å². The number of methoxy groups -OCH3 is 3. The van der Waals surface area contributed by atoms with E-state index < -0.39 is 27.9 Å². The van der Waals surface area contributed by atoms with Crippen molar-refractivity contribution in [3.8, 4) is 0 Å². The summed E-state index contributed by atoms with van der Waals surface area (Å²) in [5.41, 5.74) is 2.64. The molecule has 0 spiro atoms. The fourth-order valence-corrected chi connectivity index (χ4v) is 1.61. The Morgan fingerprint density at radius 3 is 2.37 bits per heavy atom. The Morgan fingerprint density at radius 2 is 2.00 bits per heavy atom. The van der Waals surface area contributed by atoms with E-state index >= 15 is 0 Å². The summed E-state index contributed by atoms with van der Waals surface area (Å²) in [5, 5.41) is 21.2. The molecular weight excluding hydrogens is 260 g/mol. The second-order valence-corrected chi connectivity index (χ2v) is 3.75. The van der Waals surface area contributed by atoms with Gasteiger partial charge in [0.25, 0.3) is 0 Å². The molecule has 0 saturated carbocycles. The number of nitrogens with zero attached hydrogens (tertiary/aromatic N) is 1. The van der Waals surface area contributed by atoms with Crippen LogP contribution in [0.1, 0.15) is 0 Å². The van der Waals surface area contributed by atoms with Crippen LogP contribution in [0.25, 0.3) is 0 Å². The van der Waals surface area contributed by atoms with Crippen molar-refractivity contribution in [2.24, 2.45) is 5.73 Å². The van der Waals surface area contributed by atoms with Gasteiger partial charge in [-0.25, -0.2) is 4.79 Å². The number of aliphatic hydroxyl groups is 1. The summed E-state index contributed by atoms with van der Waals surface area (Å²) in [6.07, 6.45) is 1.59. The Hall–Kier alpha value is -1.97. The van der Waals surface area contributed by atoms with Gasteiger partial charge in [0.15, 0.2) is 5.76 Å². The van der Waals surface area contributed by atoms with E-state index in [0.29, 0.717) is 0 Å². The number of nitrogens with two attached hydrogens (primary N) is 1. The molecular formula is C10H14N2O7. The number of esters is 1. The number of hydrogen-bond donors (Lipinski definition) is 2. The lowest BCUT2D eigenvalue weighted by Crippen LogP contribution is -2.55. The van der Waals surface area contributed by atoms with Gasteiger partial charge in [0, 0.05) is 13.2 Å². The van der Waals surface area contributed by atoms with E-state index in [-0.39, 0.29) is 5.76 Å². The van der Waals surface area contributed by atoms with E-state index in [2.05, 4.69) is 4.74 Å². The fraction of sp³-hybridized carbons (Fsp3) is 0.500. The SMILES string of the molecule is COC(=O)C1=CC(O)(OC)C(OC)=CC1(N)[N+](=O)[O-]. The summed E-state index contributed by atoms with van der Waals surface area (Å²) in [6.45, 7) is 0. The van der Waals surface area contributed by atoms with Gasteiger partial charge in [-0.3, -0.25) is 15.8 Å². The van der Waals surface area contributed by atoms with E-state index in [4.69, 9.17) is 15.2 Å². The molecule has 9 nitrogen and oxygen atoms in total. The topological polar surface area (TPSA) is 134 Å². The summed E-state index contributed by atoms with van der Waals surface area (Å²) in [4.78, 5) is 21.8. The fourth-order valence-electron chi connectivity index (χ4n) is 1.61. The van der Waals surface area contributed by atoms with Crippen molar-refractivity contribution in [2.75, 3.05) is 21.3 Å². The second kappa shape index (κ2) is 4.96. The van der Waals surface area contributed by atoms with E-state index in [0.717, 1.165) is 26.4 Å². The molecule has 0 amide bonds. The number of hydrogen-bond acceptors (Lipinski definition) is 8.